The van der Waals surface area contributed by atoms with Crippen LogP contribution in [0.1, 0.15) is 147 Å². The van der Waals surface area contributed by atoms with Gasteiger partial charge in [-0.3, -0.25) is 0 Å². The van der Waals surface area contributed by atoms with E-state index in [1.54, 1.807) is 0 Å². The fourth-order valence-electron chi connectivity index (χ4n) is 7.41. The standard InChI is InChI=1S/C44H58O4/c1-14-31(27-15-19-36(45)32(23-27)40(2,3)4)44(28-16-20-37(46)33(24-28)41(5,6)7,29-17-21-38(47)34(25-29)42(8,9)10)30-18-22-39(48)35(26-30)43(11,12)13/h15-26,31,45-48H,14H2,1-13H3. The summed E-state index contributed by atoms with van der Waals surface area (Å²) in [5.74, 6) is 0.844. The maximum Gasteiger partial charge on any atom is 0.119 e. The molecule has 0 saturated heterocycles. The Labute approximate surface area is 289 Å². The zero-order chi connectivity index (χ0) is 36.2. The molecule has 0 fully saturated rings. The Bertz CT molecular complexity index is 1630. The maximum atomic E-state index is 11.2. The van der Waals surface area contributed by atoms with Gasteiger partial charge in [0.15, 0.2) is 0 Å². The van der Waals surface area contributed by atoms with Crippen LogP contribution in [0.4, 0.5) is 0 Å². The summed E-state index contributed by atoms with van der Waals surface area (Å²) in [6.45, 7) is 27.5. The van der Waals surface area contributed by atoms with Crippen LogP contribution in [-0.4, -0.2) is 20.4 Å². The van der Waals surface area contributed by atoms with Gasteiger partial charge >= 0.3 is 0 Å². The highest BCUT2D eigenvalue weighted by Gasteiger charge is 2.46. The van der Waals surface area contributed by atoms with Gasteiger partial charge in [0.1, 0.15) is 23.0 Å². The molecule has 0 aliphatic carbocycles. The minimum atomic E-state index is -0.851. The molecule has 4 nitrogen and oxygen atoms in total. The van der Waals surface area contributed by atoms with Crippen molar-refractivity contribution >= 4 is 0 Å². The average Bonchev–Trinajstić information content (AvgIpc) is 2.95. The lowest BCUT2D eigenvalue weighted by Crippen LogP contribution is -2.38. The van der Waals surface area contributed by atoms with Gasteiger partial charge in [0.05, 0.1) is 5.41 Å². The molecular weight excluding hydrogens is 592 g/mol. The molecule has 4 heteroatoms. The van der Waals surface area contributed by atoms with E-state index in [-0.39, 0.29) is 50.6 Å². The molecule has 0 aliphatic heterocycles. The van der Waals surface area contributed by atoms with Gasteiger partial charge in [0.25, 0.3) is 0 Å². The topological polar surface area (TPSA) is 80.9 Å². The quantitative estimate of drug-likeness (QED) is 0.157. The summed E-state index contributed by atoms with van der Waals surface area (Å²) in [6, 6.07) is 24.0. The van der Waals surface area contributed by atoms with Crippen molar-refractivity contribution in [1.29, 1.82) is 0 Å². The molecule has 4 aromatic rings. The van der Waals surface area contributed by atoms with Crippen LogP contribution < -0.4 is 0 Å². The van der Waals surface area contributed by atoms with Crippen molar-refractivity contribution in [3.05, 3.63) is 117 Å². The summed E-state index contributed by atoms with van der Waals surface area (Å²) >= 11 is 0. The summed E-state index contributed by atoms with van der Waals surface area (Å²) in [5, 5.41) is 44.7. The van der Waals surface area contributed by atoms with Crippen LogP contribution in [-0.2, 0) is 27.1 Å². The van der Waals surface area contributed by atoms with Crippen molar-refractivity contribution < 1.29 is 20.4 Å². The molecule has 4 rings (SSSR count). The first kappa shape index (κ1) is 36.9. The van der Waals surface area contributed by atoms with E-state index >= 15 is 0 Å². The fraction of sp³-hybridized carbons (Fsp3) is 0.455. The van der Waals surface area contributed by atoms with E-state index in [9.17, 15) is 20.4 Å². The number of phenols is 4. The molecule has 258 valence electrons. The van der Waals surface area contributed by atoms with Gasteiger partial charge in [-0.05, 0) is 96.9 Å². The van der Waals surface area contributed by atoms with Crippen LogP contribution >= 0.6 is 0 Å². The first-order valence-corrected chi connectivity index (χ1v) is 17.3. The summed E-state index contributed by atoms with van der Waals surface area (Å²) in [5.41, 5.74) is 5.27. The van der Waals surface area contributed by atoms with Crippen molar-refractivity contribution in [2.24, 2.45) is 0 Å². The summed E-state index contributed by atoms with van der Waals surface area (Å²) in [4.78, 5) is 0. The Morgan fingerprint density at radius 1 is 0.417 bits per heavy atom. The van der Waals surface area contributed by atoms with E-state index in [4.69, 9.17) is 0 Å². The number of benzene rings is 4. The second-order valence-electron chi connectivity index (χ2n) is 17.7. The van der Waals surface area contributed by atoms with Gasteiger partial charge in [-0.15, -0.1) is 0 Å². The molecular formula is C44H58O4. The highest BCUT2D eigenvalue weighted by molar-refractivity contribution is 5.61. The van der Waals surface area contributed by atoms with E-state index < -0.39 is 5.41 Å². The zero-order valence-electron chi connectivity index (χ0n) is 31.5. The highest BCUT2D eigenvalue weighted by Crippen LogP contribution is 2.55. The van der Waals surface area contributed by atoms with E-state index in [0.717, 1.165) is 50.9 Å². The maximum absolute atomic E-state index is 11.2. The van der Waals surface area contributed by atoms with Gasteiger partial charge in [0, 0.05) is 5.92 Å². The second kappa shape index (κ2) is 12.5. The van der Waals surface area contributed by atoms with Crippen molar-refractivity contribution in [3.63, 3.8) is 0 Å². The van der Waals surface area contributed by atoms with Gasteiger partial charge in [0.2, 0.25) is 0 Å². The van der Waals surface area contributed by atoms with Crippen molar-refractivity contribution in [3.8, 4) is 23.0 Å². The van der Waals surface area contributed by atoms with E-state index in [2.05, 4.69) is 114 Å². The van der Waals surface area contributed by atoms with Crippen LogP contribution in [0, 0.1) is 0 Å². The molecule has 0 amide bonds. The number of hydrogen-bond donors (Lipinski definition) is 4. The summed E-state index contributed by atoms with van der Waals surface area (Å²) in [7, 11) is 0. The molecule has 0 heterocycles. The third-order valence-electron chi connectivity index (χ3n) is 9.94. The number of hydrogen-bond acceptors (Lipinski definition) is 4. The molecule has 0 saturated carbocycles. The van der Waals surface area contributed by atoms with Gasteiger partial charge < -0.3 is 20.4 Å². The van der Waals surface area contributed by atoms with Crippen LogP contribution in [0.2, 0.25) is 0 Å². The molecule has 4 N–H and O–H groups in total. The van der Waals surface area contributed by atoms with Crippen molar-refractivity contribution in [1.82, 2.24) is 0 Å². The summed E-state index contributed by atoms with van der Waals surface area (Å²) < 4.78 is 0. The lowest BCUT2D eigenvalue weighted by Gasteiger charge is -2.45. The molecule has 1 unspecified atom stereocenters. The van der Waals surface area contributed by atoms with Gasteiger partial charge in [-0.25, -0.2) is 0 Å². The predicted molar refractivity (Wildman–Crippen MR) is 200 cm³/mol. The Hall–Kier alpha value is -3.92. The molecule has 0 bridgehead atoms. The van der Waals surface area contributed by atoms with Crippen LogP contribution in [0.5, 0.6) is 23.0 Å². The lowest BCUT2D eigenvalue weighted by molar-refractivity contribution is 0.426. The largest absolute Gasteiger partial charge is 0.508 e. The van der Waals surface area contributed by atoms with Gasteiger partial charge in [-0.1, -0.05) is 139 Å². The minimum Gasteiger partial charge on any atom is -0.508 e. The van der Waals surface area contributed by atoms with E-state index in [1.807, 2.05) is 48.5 Å². The van der Waals surface area contributed by atoms with Gasteiger partial charge in [-0.2, -0.15) is 0 Å². The number of rotatable bonds is 6. The Balaban J connectivity index is 2.34. The molecule has 0 aromatic heterocycles. The first-order valence-electron chi connectivity index (χ1n) is 17.3. The van der Waals surface area contributed by atoms with Crippen molar-refractivity contribution in [2.45, 2.75) is 129 Å². The SMILES string of the molecule is CCC(c1ccc(O)c(C(C)(C)C)c1)C(c1ccc(O)c(C(C)(C)C)c1)(c1ccc(O)c(C(C)(C)C)c1)c1ccc(O)c(C(C)(C)C)c1. The average molecular weight is 651 g/mol. The fourth-order valence-corrected chi connectivity index (χ4v) is 7.41. The monoisotopic (exact) mass is 650 g/mol. The third kappa shape index (κ3) is 6.81. The highest BCUT2D eigenvalue weighted by atomic mass is 16.3. The van der Waals surface area contributed by atoms with Crippen LogP contribution in [0.3, 0.4) is 0 Å². The van der Waals surface area contributed by atoms with Crippen LogP contribution in [0.25, 0.3) is 0 Å². The molecule has 1 atom stereocenters. The second-order valence-corrected chi connectivity index (χ2v) is 17.7. The first-order chi connectivity index (χ1) is 21.9. The molecule has 0 radical (unpaired) electrons. The smallest absolute Gasteiger partial charge is 0.119 e. The molecule has 0 spiro atoms. The van der Waals surface area contributed by atoms with E-state index in [1.165, 1.54) is 0 Å². The number of phenolic OH excluding ortho intramolecular Hbond substituents is 4. The normalized spacial score (nSPS) is 13.9. The Morgan fingerprint density at radius 3 is 0.958 bits per heavy atom. The van der Waals surface area contributed by atoms with Crippen molar-refractivity contribution in [2.75, 3.05) is 0 Å². The summed E-state index contributed by atoms with van der Waals surface area (Å²) in [6.07, 6.45) is 0.734. The molecule has 0 aliphatic rings. The predicted octanol–water partition coefficient (Wildman–Crippen LogP) is 11.2. The number of aromatic hydroxyl groups is 4. The Kier molecular flexibility index (Phi) is 9.62. The third-order valence-corrected chi connectivity index (χ3v) is 9.94. The van der Waals surface area contributed by atoms with Crippen LogP contribution in [0.15, 0.2) is 72.8 Å². The van der Waals surface area contributed by atoms with E-state index in [0.29, 0.717) is 0 Å². The molecule has 4 aromatic carbocycles. The zero-order valence-corrected chi connectivity index (χ0v) is 31.5. The molecule has 48 heavy (non-hydrogen) atoms. The minimum absolute atomic E-state index is 0.161. The Morgan fingerprint density at radius 2 is 0.688 bits per heavy atom. The lowest BCUT2D eigenvalue weighted by atomic mass is 9.57.